The fourth-order valence-electron chi connectivity index (χ4n) is 0.711. The molecule has 1 rings (SSSR count). The van der Waals surface area contributed by atoms with E-state index in [0.29, 0.717) is 11.6 Å². The van der Waals surface area contributed by atoms with Gasteiger partial charge in [0.25, 0.3) is 0 Å². The van der Waals surface area contributed by atoms with E-state index >= 15 is 0 Å². The highest BCUT2D eigenvalue weighted by Gasteiger charge is 1.99. The van der Waals surface area contributed by atoms with Crippen molar-refractivity contribution >= 4 is 11.6 Å². The largest absolute Gasteiger partial charge is 0.394 e. The summed E-state index contributed by atoms with van der Waals surface area (Å²) in [5, 5.41) is 11.7. The molecule has 0 amide bonds. The molecular formula is C7H12N4O. The highest BCUT2D eigenvalue weighted by atomic mass is 16.3. The molecule has 0 fully saturated rings. The molecule has 0 radical (unpaired) electrons. The molecule has 0 spiro atoms. The minimum absolute atomic E-state index is 0.0251. The van der Waals surface area contributed by atoms with Gasteiger partial charge in [0.05, 0.1) is 19.0 Å². The Morgan fingerprint density at radius 2 is 2.33 bits per heavy atom. The third-order valence-corrected chi connectivity index (χ3v) is 1.34. The van der Waals surface area contributed by atoms with Crippen LogP contribution in [0.1, 0.15) is 6.92 Å². The number of anilines is 2. The molecule has 5 nitrogen and oxygen atoms in total. The van der Waals surface area contributed by atoms with Crippen LogP contribution in [0.2, 0.25) is 0 Å². The van der Waals surface area contributed by atoms with Crippen molar-refractivity contribution in [3.05, 3.63) is 12.4 Å². The molecule has 0 saturated carbocycles. The molecule has 0 bridgehead atoms. The summed E-state index contributed by atoms with van der Waals surface area (Å²) in [5.74, 6) is 1.00. The summed E-state index contributed by atoms with van der Waals surface area (Å²) in [7, 11) is 0. The van der Waals surface area contributed by atoms with Crippen LogP contribution in [0.3, 0.4) is 0 Å². The minimum atomic E-state index is -0.0251. The standard InChI is InChI=1S/C7H12N4O/c1-5(4-12)11-7-3-9-6(8)2-10-7/h2-3,5,12H,4H2,1H3,(H2,8,9)(H,10,11). The van der Waals surface area contributed by atoms with Gasteiger partial charge in [-0.25, -0.2) is 9.97 Å². The van der Waals surface area contributed by atoms with Gasteiger partial charge in [-0.3, -0.25) is 0 Å². The zero-order valence-corrected chi connectivity index (χ0v) is 6.86. The van der Waals surface area contributed by atoms with Crippen LogP contribution >= 0.6 is 0 Å². The maximum Gasteiger partial charge on any atom is 0.144 e. The number of nitrogens with zero attached hydrogens (tertiary/aromatic N) is 2. The molecule has 0 saturated heterocycles. The molecule has 0 aliphatic heterocycles. The predicted octanol–water partition coefficient (Wildman–Crippen LogP) is -0.149. The Hall–Kier alpha value is -1.36. The molecule has 0 aliphatic carbocycles. The van der Waals surface area contributed by atoms with E-state index in [9.17, 15) is 0 Å². The smallest absolute Gasteiger partial charge is 0.144 e. The molecule has 1 atom stereocenters. The average Bonchev–Trinajstić information content (AvgIpc) is 2.09. The highest BCUT2D eigenvalue weighted by Crippen LogP contribution is 2.02. The van der Waals surface area contributed by atoms with Crippen LogP contribution in [-0.2, 0) is 0 Å². The Morgan fingerprint density at radius 1 is 1.58 bits per heavy atom. The van der Waals surface area contributed by atoms with Crippen LogP contribution in [0, 0.1) is 0 Å². The van der Waals surface area contributed by atoms with Gasteiger partial charge in [0.1, 0.15) is 11.6 Å². The first-order valence-corrected chi connectivity index (χ1v) is 3.67. The van der Waals surface area contributed by atoms with Gasteiger partial charge in [-0.2, -0.15) is 0 Å². The lowest BCUT2D eigenvalue weighted by atomic mass is 10.4. The van der Waals surface area contributed by atoms with Gasteiger partial charge in [0.2, 0.25) is 0 Å². The molecule has 1 heterocycles. The maximum absolute atomic E-state index is 8.72. The van der Waals surface area contributed by atoms with Crippen LogP contribution in [-0.4, -0.2) is 27.7 Å². The quantitative estimate of drug-likeness (QED) is 0.584. The summed E-state index contributed by atoms with van der Waals surface area (Å²) in [4.78, 5) is 7.79. The molecule has 4 N–H and O–H groups in total. The summed E-state index contributed by atoms with van der Waals surface area (Å²) in [5.41, 5.74) is 5.34. The number of hydrogen-bond donors (Lipinski definition) is 3. The van der Waals surface area contributed by atoms with Gasteiger partial charge in [-0.15, -0.1) is 0 Å². The molecule has 66 valence electrons. The van der Waals surface area contributed by atoms with Crippen molar-refractivity contribution in [2.75, 3.05) is 17.7 Å². The van der Waals surface area contributed by atoms with Crippen molar-refractivity contribution in [3.63, 3.8) is 0 Å². The number of nitrogens with one attached hydrogen (secondary N) is 1. The first-order valence-electron chi connectivity index (χ1n) is 3.67. The van der Waals surface area contributed by atoms with Gasteiger partial charge >= 0.3 is 0 Å². The monoisotopic (exact) mass is 168 g/mol. The summed E-state index contributed by atoms with van der Waals surface area (Å²) < 4.78 is 0. The number of nitrogen functional groups attached to an aromatic ring is 1. The Morgan fingerprint density at radius 3 is 2.83 bits per heavy atom. The number of aliphatic hydroxyl groups excluding tert-OH is 1. The van der Waals surface area contributed by atoms with Crippen molar-refractivity contribution in [1.29, 1.82) is 0 Å². The number of aliphatic hydroxyl groups is 1. The van der Waals surface area contributed by atoms with Gasteiger partial charge in [0, 0.05) is 6.04 Å². The molecule has 1 aromatic heterocycles. The summed E-state index contributed by atoms with van der Waals surface area (Å²) in [6.45, 7) is 1.91. The molecule has 1 unspecified atom stereocenters. The van der Waals surface area contributed by atoms with Crippen molar-refractivity contribution < 1.29 is 5.11 Å². The third kappa shape index (κ3) is 2.35. The lowest BCUT2D eigenvalue weighted by Gasteiger charge is -2.10. The topological polar surface area (TPSA) is 84.1 Å². The van der Waals surface area contributed by atoms with E-state index in [-0.39, 0.29) is 12.6 Å². The van der Waals surface area contributed by atoms with Crippen LogP contribution in [0.25, 0.3) is 0 Å². The molecule has 12 heavy (non-hydrogen) atoms. The Kier molecular flexibility index (Phi) is 2.82. The summed E-state index contributed by atoms with van der Waals surface area (Å²) >= 11 is 0. The molecule has 0 aromatic carbocycles. The van der Waals surface area contributed by atoms with E-state index in [1.54, 1.807) is 0 Å². The SMILES string of the molecule is CC(CO)Nc1cnc(N)cn1. The molecule has 5 heteroatoms. The van der Waals surface area contributed by atoms with E-state index in [4.69, 9.17) is 10.8 Å². The molecular weight excluding hydrogens is 156 g/mol. The molecule has 0 aliphatic rings. The Balaban J connectivity index is 2.58. The second kappa shape index (κ2) is 3.87. The minimum Gasteiger partial charge on any atom is -0.394 e. The third-order valence-electron chi connectivity index (χ3n) is 1.34. The first kappa shape index (κ1) is 8.73. The Labute approximate surface area is 70.6 Å². The highest BCUT2D eigenvalue weighted by molar-refractivity contribution is 5.36. The maximum atomic E-state index is 8.72. The first-order chi connectivity index (χ1) is 5.72. The van der Waals surface area contributed by atoms with E-state index in [1.165, 1.54) is 12.4 Å². The zero-order chi connectivity index (χ0) is 8.97. The summed E-state index contributed by atoms with van der Waals surface area (Å²) in [6.07, 6.45) is 2.99. The van der Waals surface area contributed by atoms with Gasteiger partial charge in [-0.1, -0.05) is 0 Å². The second-order valence-electron chi connectivity index (χ2n) is 2.55. The van der Waals surface area contributed by atoms with Crippen LogP contribution in [0.15, 0.2) is 12.4 Å². The van der Waals surface area contributed by atoms with Crippen molar-refractivity contribution in [1.82, 2.24) is 9.97 Å². The average molecular weight is 168 g/mol. The van der Waals surface area contributed by atoms with Crippen LogP contribution in [0.4, 0.5) is 11.6 Å². The van der Waals surface area contributed by atoms with Crippen LogP contribution < -0.4 is 11.1 Å². The van der Waals surface area contributed by atoms with Gasteiger partial charge in [-0.05, 0) is 6.92 Å². The zero-order valence-electron chi connectivity index (χ0n) is 6.86. The lowest BCUT2D eigenvalue weighted by molar-refractivity contribution is 0.281. The molecule has 1 aromatic rings. The van der Waals surface area contributed by atoms with Gasteiger partial charge < -0.3 is 16.2 Å². The van der Waals surface area contributed by atoms with E-state index in [0.717, 1.165) is 0 Å². The van der Waals surface area contributed by atoms with Crippen molar-refractivity contribution in [3.8, 4) is 0 Å². The lowest BCUT2D eigenvalue weighted by Crippen LogP contribution is -2.20. The van der Waals surface area contributed by atoms with E-state index in [1.807, 2.05) is 6.92 Å². The number of rotatable bonds is 3. The normalized spacial score (nSPS) is 12.5. The number of hydrogen-bond acceptors (Lipinski definition) is 5. The van der Waals surface area contributed by atoms with Gasteiger partial charge in [0.15, 0.2) is 0 Å². The Bertz CT molecular complexity index is 236. The predicted molar refractivity (Wildman–Crippen MR) is 46.6 cm³/mol. The van der Waals surface area contributed by atoms with E-state index in [2.05, 4.69) is 15.3 Å². The van der Waals surface area contributed by atoms with Crippen LogP contribution in [0.5, 0.6) is 0 Å². The summed E-state index contributed by atoms with van der Waals surface area (Å²) in [6, 6.07) is -0.0251. The fraction of sp³-hybridized carbons (Fsp3) is 0.429. The fourth-order valence-corrected chi connectivity index (χ4v) is 0.711. The van der Waals surface area contributed by atoms with Crippen molar-refractivity contribution in [2.24, 2.45) is 0 Å². The number of nitrogens with two attached hydrogens (primary N) is 1. The number of aromatic nitrogens is 2. The second-order valence-corrected chi connectivity index (χ2v) is 2.55. The van der Waals surface area contributed by atoms with Crippen molar-refractivity contribution in [2.45, 2.75) is 13.0 Å². The van der Waals surface area contributed by atoms with E-state index < -0.39 is 0 Å².